The lowest BCUT2D eigenvalue weighted by atomic mass is 9.72. The summed E-state index contributed by atoms with van der Waals surface area (Å²) in [6.07, 6.45) is 1.85. The average Bonchev–Trinajstić information content (AvgIpc) is 2.26. The van der Waals surface area contributed by atoms with E-state index in [-0.39, 0.29) is 6.09 Å². The predicted molar refractivity (Wildman–Crippen MR) is 71.5 cm³/mol. The highest BCUT2D eigenvalue weighted by Gasteiger charge is 2.45. The summed E-state index contributed by atoms with van der Waals surface area (Å²) in [4.78, 5) is 15.9. The second kappa shape index (κ2) is 5.01. The number of carbonyl (C=O) groups excluding carboxylic acids is 1. The normalized spacial score (nSPS) is 22.7. The lowest BCUT2D eigenvalue weighted by Crippen LogP contribution is -2.60. The van der Waals surface area contributed by atoms with Gasteiger partial charge in [0.25, 0.3) is 0 Å². The molecule has 0 radical (unpaired) electrons. The number of amides is 1. The van der Waals surface area contributed by atoms with Gasteiger partial charge in [0.15, 0.2) is 0 Å². The molecule has 2 aliphatic heterocycles. The predicted octanol–water partition coefficient (Wildman–Crippen LogP) is 1.84. The zero-order valence-corrected chi connectivity index (χ0v) is 12.1. The molecule has 0 unspecified atom stereocenters. The number of nitrogens with zero attached hydrogens (tertiary/aromatic N) is 3. The molecule has 0 aromatic heterocycles. The third kappa shape index (κ3) is 3.38. The number of piperidine rings is 1. The van der Waals surface area contributed by atoms with Gasteiger partial charge in [-0.05, 0) is 39.0 Å². The maximum absolute atomic E-state index is 11.9. The maximum atomic E-state index is 11.9. The molecule has 0 aromatic rings. The average molecular weight is 265 g/mol. The minimum atomic E-state index is -0.424. The minimum absolute atomic E-state index is 0.199. The molecule has 0 saturated carbocycles. The van der Waals surface area contributed by atoms with Crippen molar-refractivity contribution in [3.63, 3.8) is 0 Å². The molecule has 5 heteroatoms. The summed E-state index contributed by atoms with van der Waals surface area (Å²) in [5.74, 6) is 0. The van der Waals surface area contributed by atoms with Crippen molar-refractivity contribution in [3.8, 4) is 6.07 Å². The Balaban J connectivity index is 1.78. The zero-order chi connectivity index (χ0) is 14.1. The van der Waals surface area contributed by atoms with Crippen molar-refractivity contribution in [1.29, 1.82) is 5.26 Å². The van der Waals surface area contributed by atoms with Gasteiger partial charge in [0, 0.05) is 26.2 Å². The van der Waals surface area contributed by atoms with Gasteiger partial charge in [0.05, 0.1) is 12.6 Å². The largest absolute Gasteiger partial charge is 0.444 e. The van der Waals surface area contributed by atoms with Gasteiger partial charge in [-0.3, -0.25) is 4.90 Å². The summed E-state index contributed by atoms with van der Waals surface area (Å²) in [6, 6.07) is 2.19. The van der Waals surface area contributed by atoms with Crippen LogP contribution >= 0.6 is 0 Å². The van der Waals surface area contributed by atoms with Gasteiger partial charge >= 0.3 is 6.09 Å². The zero-order valence-electron chi connectivity index (χ0n) is 12.1. The second-order valence-corrected chi connectivity index (χ2v) is 6.77. The maximum Gasteiger partial charge on any atom is 0.410 e. The van der Waals surface area contributed by atoms with E-state index in [1.807, 2.05) is 25.7 Å². The molecule has 2 heterocycles. The number of hydrogen-bond donors (Lipinski definition) is 0. The SMILES string of the molecule is CC(C)(C)OC(=O)N1CCC2(CC1)CN(CC#N)C2. The molecule has 0 aliphatic carbocycles. The van der Waals surface area contributed by atoms with Crippen LogP contribution in [0.2, 0.25) is 0 Å². The van der Waals surface area contributed by atoms with Gasteiger partial charge in [0.1, 0.15) is 5.60 Å². The summed E-state index contributed by atoms with van der Waals surface area (Å²) < 4.78 is 5.39. The Bertz CT molecular complexity index is 378. The summed E-state index contributed by atoms with van der Waals surface area (Å²) in [5.41, 5.74) is -0.0817. The Morgan fingerprint density at radius 1 is 1.32 bits per heavy atom. The highest BCUT2D eigenvalue weighted by Crippen LogP contribution is 2.40. The summed E-state index contributed by atoms with van der Waals surface area (Å²) in [6.45, 7) is 9.75. The van der Waals surface area contributed by atoms with E-state index in [1.54, 1.807) is 0 Å². The molecule has 0 bridgehead atoms. The molecule has 106 valence electrons. The quantitative estimate of drug-likeness (QED) is 0.679. The van der Waals surface area contributed by atoms with E-state index < -0.39 is 5.60 Å². The number of carbonyl (C=O) groups is 1. The van der Waals surface area contributed by atoms with Gasteiger partial charge in [-0.1, -0.05) is 0 Å². The molecular weight excluding hydrogens is 242 g/mol. The first-order valence-corrected chi connectivity index (χ1v) is 6.91. The molecule has 1 amide bonds. The van der Waals surface area contributed by atoms with Gasteiger partial charge in [-0.15, -0.1) is 0 Å². The van der Waals surface area contributed by atoms with Crippen LogP contribution in [-0.2, 0) is 4.74 Å². The van der Waals surface area contributed by atoms with Crippen molar-refractivity contribution < 1.29 is 9.53 Å². The van der Waals surface area contributed by atoms with E-state index in [1.165, 1.54) is 0 Å². The molecule has 2 aliphatic rings. The molecule has 2 saturated heterocycles. The third-order valence-electron chi connectivity index (χ3n) is 3.89. The molecule has 0 atom stereocenters. The van der Waals surface area contributed by atoms with E-state index >= 15 is 0 Å². The lowest BCUT2D eigenvalue weighted by molar-refractivity contribution is -0.0452. The highest BCUT2D eigenvalue weighted by molar-refractivity contribution is 5.68. The van der Waals surface area contributed by atoms with Crippen LogP contribution in [0.5, 0.6) is 0 Å². The fourth-order valence-corrected chi connectivity index (χ4v) is 2.92. The van der Waals surface area contributed by atoms with E-state index in [2.05, 4.69) is 11.0 Å². The van der Waals surface area contributed by atoms with Crippen molar-refractivity contribution in [3.05, 3.63) is 0 Å². The van der Waals surface area contributed by atoms with Crippen molar-refractivity contribution in [1.82, 2.24) is 9.80 Å². The molecule has 0 N–H and O–H groups in total. The van der Waals surface area contributed by atoms with Crippen LogP contribution in [0.1, 0.15) is 33.6 Å². The van der Waals surface area contributed by atoms with Crippen LogP contribution < -0.4 is 0 Å². The Morgan fingerprint density at radius 2 is 1.89 bits per heavy atom. The Morgan fingerprint density at radius 3 is 2.37 bits per heavy atom. The fraction of sp³-hybridized carbons (Fsp3) is 0.857. The Hall–Kier alpha value is -1.28. The second-order valence-electron chi connectivity index (χ2n) is 6.77. The van der Waals surface area contributed by atoms with Crippen LogP contribution in [0, 0.1) is 16.7 Å². The van der Waals surface area contributed by atoms with Crippen LogP contribution in [0.15, 0.2) is 0 Å². The number of likely N-dealkylation sites (tertiary alicyclic amines) is 2. The molecule has 0 aromatic carbocycles. The summed E-state index contributed by atoms with van der Waals surface area (Å²) in [7, 11) is 0. The van der Waals surface area contributed by atoms with Gasteiger partial charge in [-0.2, -0.15) is 5.26 Å². The molecular formula is C14H23N3O2. The van der Waals surface area contributed by atoms with Crippen LogP contribution in [0.3, 0.4) is 0 Å². The van der Waals surface area contributed by atoms with E-state index in [4.69, 9.17) is 10.00 Å². The third-order valence-corrected chi connectivity index (χ3v) is 3.89. The Kier molecular flexibility index (Phi) is 3.73. The topological polar surface area (TPSA) is 56.6 Å². The van der Waals surface area contributed by atoms with Crippen LogP contribution in [0.25, 0.3) is 0 Å². The number of ether oxygens (including phenoxy) is 1. The first-order chi connectivity index (χ1) is 8.84. The monoisotopic (exact) mass is 265 g/mol. The van der Waals surface area contributed by atoms with E-state index in [9.17, 15) is 4.79 Å². The first kappa shape index (κ1) is 14.1. The van der Waals surface area contributed by atoms with Gasteiger partial charge in [-0.25, -0.2) is 4.79 Å². The first-order valence-electron chi connectivity index (χ1n) is 6.91. The fourth-order valence-electron chi connectivity index (χ4n) is 2.92. The van der Waals surface area contributed by atoms with Crippen LogP contribution in [0.4, 0.5) is 4.79 Å². The molecule has 1 spiro atoms. The summed E-state index contributed by atoms with van der Waals surface area (Å²) in [5, 5.41) is 8.65. The summed E-state index contributed by atoms with van der Waals surface area (Å²) >= 11 is 0. The standard InChI is InChI=1S/C14H23N3O2/c1-13(2,3)19-12(18)17-7-4-14(5-8-17)10-16(11-14)9-6-15/h4-5,7-11H2,1-3H3. The van der Waals surface area contributed by atoms with E-state index in [0.717, 1.165) is 39.0 Å². The van der Waals surface area contributed by atoms with Crippen molar-refractivity contribution in [2.45, 2.75) is 39.2 Å². The van der Waals surface area contributed by atoms with Crippen LogP contribution in [-0.4, -0.2) is 54.2 Å². The van der Waals surface area contributed by atoms with Gasteiger partial charge in [0.2, 0.25) is 0 Å². The van der Waals surface area contributed by atoms with E-state index in [0.29, 0.717) is 12.0 Å². The van der Waals surface area contributed by atoms with Crippen molar-refractivity contribution >= 4 is 6.09 Å². The van der Waals surface area contributed by atoms with Gasteiger partial charge < -0.3 is 9.64 Å². The molecule has 2 rings (SSSR count). The minimum Gasteiger partial charge on any atom is -0.444 e. The number of nitriles is 1. The van der Waals surface area contributed by atoms with Crippen molar-refractivity contribution in [2.24, 2.45) is 5.41 Å². The number of rotatable bonds is 1. The molecule has 2 fully saturated rings. The molecule has 5 nitrogen and oxygen atoms in total. The number of hydrogen-bond acceptors (Lipinski definition) is 4. The smallest absolute Gasteiger partial charge is 0.410 e. The van der Waals surface area contributed by atoms with Crippen molar-refractivity contribution in [2.75, 3.05) is 32.7 Å². The molecule has 19 heavy (non-hydrogen) atoms. The Labute approximate surface area is 115 Å². The highest BCUT2D eigenvalue weighted by atomic mass is 16.6. The lowest BCUT2D eigenvalue weighted by Gasteiger charge is -2.53.